The first-order valence-corrected chi connectivity index (χ1v) is 15.0. The lowest BCUT2D eigenvalue weighted by Crippen LogP contribution is -2.50. The third-order valence-electron chi connectivity index (χ3n) is 6.77. The van der Waals surface area contributed by atoms with Crippen molar-refractivity contribution in [2.45, 2.75) is 56.1 Å². The maximum Gasteiger partial charge on any atom is 0.696 e. The molecule has 11 nitrogen and oxygen atoms in total. The number of pyridine rings is 1. The van der Waals surface area contributed by atoms with Crippen molar-refractivity contribution in [3.05, 3.63) is 71.7 Å². The summed E-state index contributed by atoms with van der Waals surface area (Å²) in [5.74, 6) is -3.02. The van der Waals surface area contributed by atoms with Gasteiger partial charge in [0, 0.05) is 41.7 Å². The van der Waals surface area contributed by atoms with Crippen LogP contribution in [0.1, 0.15) is 30.3 Å². The van der Waals surface area contributed by atoms with Crippen LogP contribution in [0.5, 0.6) is 0 Å². The lowest BCUT2D eigenvalue weighted by molar-refractivity contribution is -0.145. The van der Waals surface area contributed by atoms with E-state index in [0.29, 0.717) is 15.4 Å². The number of halogens is 5. The summed E-state index contributed by atoms with van der Waals surface area (Å²) in [7, 11) is -7.71. The molecule has 0 bridgehead atoms. The predicted octanol–water partition coefficient (Wildman–Crippen LogP) is 4.15. The van der Waals surface area contributed by atoms with E-state index >= 15 is 0 Å². The van der Waals surface area contributed by atoms with Crippen LogP contribution in [0.25, 0.3) is 11.3 Å². The van der Waals surface area contributed by atoms with Gasteiger partial charge in [0.05, 0.1) is 16.6 Å². The number of benzene rings is 1. The molecule has 0 radical (unpaired) electrons. The van der Waals surface area contributed by atoms with E-state index < -0.39 is 73.4 Å². The largest absolute Gasteiger partial charge is 0.696 e. The van der Waals surface area contributed by atoms with Crippen molar-refractivity contribution in [1.82, 2.24) is 24.2 Å². The standard InChI is InChI=1S/C25H23F5N5O6PS/c1-14-9-31-21(17-10-32-24(33-11-17)25(28,29)30)7-16(14)12-34(13-41-42(37)38)23(36)22-8-20(27)15(2)35(22)43(39,40)19-5-3-18(26)4-6-19/h3-7,9-11,15,20,22H,8,12-13H2,1-2H3/p+1/t15-,20+,22-/m0/s1. The molecule has 0 aliphatic carbocycles. The molecule has 1 fully saturated rings. The Bertz CT molecular complexity index is 1610. The Morgan fingerprint density at radius 2 is 1.79 bits per heavy atom. The maximum absolute atomic E-state index is 15.0. The molecule has 1 saturated heterocycles. The summed E-state index contributed by atoms with van der Waals surface area (Å²) in [6, 6.07) is 2.31. The first-order valence-electron chi connectivity index (χ1n) is 12.5. The van der Waals surface area contributed by atoms with Crippen LogP contribution in [0.3, 0.4) is 0 Å². The SMILES string of the molecule is Cc1cnc(-c2cnc(C(F)(F)F)nc2)cc1CN(CO[P+](=O)O)C(=O)[C@@H]1C[C@@H](F)[C@H](C)N1S(=O)(=O)c1ccc(F)cc1. The number of carbonyl (C=O) groups excluding carboxylic acids is 1. The van der Waals surface area contributed by atoms with Crippen molar-refractivity contribution in [2.75, 3.05) is 6.73 Å². The number of aromatic nitrogens is 3. The molecule has 2 aromatic heterocycles. The van der Waals surface area contributed by atoms with E-state index in [1.54, 1.807) is 6.92 Å². The predicted molar refractivity (Wildman–Crippen MR) is 140 cm³/mol. The summed E-state index contributed by atoms with van der Waals surface area (Å²) in [5, 5.41) is 0. The van der Waals surface area contributed by atoms with E-state index in [0.717, 1.165) is 41.6 Å². The molecular weight excluding hydrogens is 624 g/mol. The fourth-order valence-electron chi connectivity index (χ4n) is 4.50. The average molecular weight is 649 g/mol. The Morgan fingerprint density at radius 3 is 2.37 bits per heavy atom. The number of carbonyl (C=O) groups is 1. The Kier molecular flexibility index (Phi) is 9.51. The second-order valence-corrected chi connectivity index (χ2v) is 12.2. The van der Waals surface area contributed by atoms with E-state index in [1.165, 1.54) is 19.2 Å². The number of aryl methyl sites for hydroxylation is 1. The van der Waals surface area contributed by atoms with Crippen molar-refractivity contribution < 1.29 is 49.1 Å². The molecule has 1 aliphatic heterocycles. The molecule has 230 valence electrons. The highest BCUT2D eigenvalue weighted by Gasteiger charge is 2.50. The van der Waals surface area contributed by atoms with Crippen LogP contribution < -0.4 is 0 Å². The van der Waals surface area contributed by atoms with Gasteiger partial charge in [0.2, 0.25) is 21.8 Å². The molecule has 4 rings (SSSR count). The van der Waals surface area contributed by atoms with Crippen molar-refractivity contribution in [3.8, 4) is 11.3 Å². The lowest BCUT2D eigenvalue weighted by atomic mass is 10.1. The topological polar surface area (TPSA) is 143 Å². The Labute approximate surface area is 243 Å². The van der Waals surface area contributed by atoms with Gasteiger partial charge in [-0.2, -0.15) is 17.5 Å². The third kappa shape index (κ3) is 7.18. The fourth-order valence-corrected chi connectivity index (χ4v) is 6.55. The van der Waals surface area contributed by atoms with Crippen LogP contribution in [-0.4, -0.2) is 68.4 Å². The molecule has 18 heteroatoms. The van der Waals surface area contributed by atoms with Gasteiger partial charge < -0.3 is 4.90 Å². The van der Waals surface area contributed by atoms with Gasteiger partial charge in [0.1, 0.15) is 18.0 Å². The van der Waals surface area contributed by atoms with Crippen LogP contribution in [0.15, 0.2) is 53.8 Å². The van der Waals surface area contributed by atoms with Crippen molar-refractivity contribution >= 4 is 24.2 Å². The average Bonchev–Trinajstić information content (AvgIpc) is 3.25. The normalized spacial score (nSPS) is 19.8. The van der Waals surface area contributed by atoms with Crippen LogP contribution in [-0.2, 0) is 36.6 Å². The van der Waals surface area contributed by atoms with Gasteiger partial charge in [0.25, 0.3) is 0 Å². The minimum Gasteiger partial charge on any atom is -0.309 e. The van der Waals surface area contributed by atoms with Crippen molar-refractivity contribution in [1.29, 1.82) is 0 Å². The number of hydrogen-bond donors (Lipinski definition) is 1. The smallest absolute Gasteiger partial charge is 0.309 e. The van der Waals surface area contributed by atoms with Crippen LogP contribution in [0.2, 0.25) is 0 Å². The molecule has 1 amide bonds. The van der Waals surface area contributed by atoms with Crippen LogP contribution >= 0.6 is 8.25 Å². The number of nitrogens with zero attached hydrogens (tertiary/aromatic N) is 5. The maximum atomic E-state index is 15.0. The lowest BCUT2D eigenvalue weighted by Gasteiger charge is -2.30. The zero-order valence-electron chi connectivity index (χ0n) is 22.4. The van der Waals surface area contributed by atoms with E-state index in [4.69, 9.17) is 4.52 Å². The second-order valence-electron chi connectivity index (χ2n) is 9.62. The van der Waals surface area contributed by atoms with Gasteiger partial charge >= 0.3 is 14.4 Å². The van der Waals surface area contributed by atoms with E-state index in [9.17, 15) is 44.6 Å². The highest BCUT2D eigenvalue weighted by molar-refractivity contribution is 7.89. The first kappa shape index (κ1) is 32.4. The fraction of sp³-hybridized carbons (Fsp3) is 0.360. The van der Waals surface area contributed by atoms with Gasteiger partial charge in [-0.05, 0) is 55.3 Å². The van der Waals surface area contributed by atoms with Gasteiger partial charge in [-0.25, -0.2) is 27.2 Å². The quantitative estimate of drug-likeness (QED) is 0.206. The summed E-state index contributed by atoms with van der Waals surface area (Å²) in [6.45, 7) is 1.73. The Morgan fingerprint density at radius 1 is 1.16 bits per heavy atom. The van der Waals surface area contributed by atoms with E-state index in [2.05, 4.69) is 15.0 Å². The Hall–Kier alpha value is -3.50. The van der Waals surface area contributed by atoms with Gasteiger partial charge in [-0.15, -0.1) is 4.89 Å². The highest BCUT2D eigenvalue weighted by atomic mass is 32.2. The molecule has 43 heavy (non-hydrogen) atoms. The minimum atomic E-state index is -4.76. The molecule has 1 N–H and O–H groups in total. The first-order chi connectivity index (χ1) is 20.1. The summed E-state index contributed by atoms with van der Waals surface area (Å²) in [5.41, 5.74) is 1.09. The molecule has 1 aliphatic rings. The number of alkyl halides is 4. The van der Waals surface area contributed by atoms with Crippen molar-refractivity contribution in [2.24, 2.45) is 0 Å². The van der Waals surface area contributed by atoms with E-state index in [1.807, 2.05) is 0 Å². The molecule has 3 aromatic rings. The van der Waals surface area contributed by atoms with Gasteiger partial charge in [-0.1, -0.05) is 4.52 Å². The number of sulfonamides is 1. The third-order valence-corrected chi connectivity index (χ3v) is 9.11. The molecule has 4 atom stereocenters. The van der Waals surface area contributed by atoms with Crippen LogP contribution in [0.4, 0.5) is 22.0 Å². The number of hydrogen-bond acceptors (Lipinski definition) is 8. The highest BCUT2D eigenvalue weighted by Crippen LogP contribution is 2.35. The molecule has 1 unspecified atom stereocenters. The summed E-state index contributed by atoms with van der Waals surface area (Å²) >= 11 is 0. The monoisotopic (exact) mass is 648 g/mol. The molecule has 0 spiro atoms. The van der Waals surface area contributed by atoms with Gasteiger partial charge in [0.15, 0.2) is 6.73 Å². The molecular formula is C25H24F5N5O6PS+. The summed E-state index contributed by atoms with van der Waals surface area (Å²) in [4.78, 5) is 34.3. The molecule has 0 saturated carbocycles. The van der Waals surface area contributed by atoms with Gasteiger partial charge in [-0.3, -0.25) is 9.78 Å². The van der Waals surface area contributed by atoms with Crippen LogP contribution in [0, 0.1) is 12.7 Å². The number of amides is 1. The second kappa shape index (κ2) is 12.6. The zero-order valence-corrected chi connectivity index (χ0v) is 24.2. The summed E-state index contributed by atoms with van der Waals surface area (Å²) in [6.07, 6.45) is -3.86. The molecule has 3 heterocycles. The zero-order chi connectivity index (χ0) is 31.7. The molecule has 1 aromatic carbocycles. The number of rotatable bonds is 9. The van der Waals surface area contributed by atoms with Crippen molar-refractivity contribution in [3.63, 3.8) is 0 Å². The minimum absolute atomic E-state index is 0.114. The van der Waals surface area contributed by atoms with E-state index in [-0.39, 0.29) is 22.7 Å². The Balaban J connectivity index is 1.67. The summed E-state index contributed by atoms with van der Waals surface area (Å²) < 4.78 is 111.